The number of nitrogens with one attached hydrogen (secondary N) is 1. The van der Waals surface area contributed by atoms with Crippen LogP contribution in [0, 0.1) is 19.7 Å². The van der Waals surface area contributed by atoms with Gasteiger partial charge in [-0.2, -0.15) is 0 Å². The van der Waals surface area contributed by atoms with Crippen molar-refractivity contribution in [1.82, 2.24) is 0 Å². The molecule has 1 aromatic rings. The molecule has 0 bridgehead atoms. The lowest BCUT2D eigenvalue weighted by molar-refractivity contribution is -0.755. The number of benzene rings is 1. The average molecular weight is 391 g/mol. The van der Waals surface area contributed by atoms with Gasteiger partial charge in [0.2, 0.25) is 22.9 Å². The number of nitrogens with zero attached hydrogens (tertiary/aromatic N) is 1. The number of anilines is 1. The number of likely N-dealkylation sites (tertiary alicyclic amines) is 1. The van der Waals surface area contributed by atoms with Crippen molar-refractivity contribution in [3.8, 4) is 0 Å². The minimum absolute atomic E-state index is 0.0341. The van der Waals surface area contributed by atoms with Crippen molar-refractivity contribution < 1.29 is 11.9 Å². The highest BCUT2D eigenvalue weighted by atomic mass is 127. The minimum Gasteiger partial charge on any atom is -0.320 e. The molecule has 1 saturated heterocycles. The third kappa shape index (κ3) is 3.31. The second kappa shape index (κ2) is 5.97. The third-order valence-corrected chi connectivity index (χ3v) is 5.18. The van der Waals surface area contributed by atoms with E-state index < -0.39 is 0 Å². The van der Waals surface area contributed by atoms with Gasteiger partial charge >= 0.3 is 0 Å². The zero-order valence-electron chi connectivity index (χ0n) is 12.2. The van der Waals surface area contributed by atoms with Crippen LogP contribution >= 0.6 is 22.9 Å². The molecule has 0 spiro atoms. The summed E-state index contributed by atoms with van der Waals surface area (Å²) in [5, 5.41) is 3.01. The van der Waals surface area contributed by atoms with Gasteiger partial charge in [-0.05, 0) is 49.9 Å². The number of rotatable bonds is 2. The molecule has 1 aliphatic rings. The Morgan fingerprint density at radius 3 is 2.50 bits per heavy atom. The highest BCUT2D eigenvalue weighted by Crippen LogP contribution is 2.30. The molecule has 0 radical (unpaired) electrons. The van der Waals surface area contributed by atoms with Gasteiger partial charge in [0.15, 0.2) is 6.04 Å². The molecule has 1 aliphatic heterocycles. The lowest BCUT2D eigenvalue weighted by Gasteiger charge is -2.37. The molecular weight excluding hydrogens is 370 g/mol. The quantitative estimate of drug-likeness (QED) is 0.604. The van der Waals surface area contributed by atoms with E-state index in [-0.39, 0.29) is 17.8 Å². The largest absolute Gasteiger partial charge is 0.320 e. The first-order valence-electron chi connectivity index (χ1n) is 6.94. The second-order valence-corrected chi connectivity index (χ2v) is 7.99. The highest BCUT2D eigenvalue weighted by molar-refractivity contribution is 14.1. The van der Waals surface area contributed by atoms with Crippen LogP contribution in [0.25, 0.3) is 0 Å². The first-order chi connectivity index (χ1) is 9.31. The lowest BCUT2D eigenvalue weighted by atomic mass is 10.0. The van der Waals surface area contributed by atoms with Crippen LogP contribution in [0.3, 0.4) is 0 Å². The van der Waals surface area contributed by atoms with Crippen molar-refractivity contribution in [2.75, 3.05) is 18.9 Å². The number of likely N-dealkylation sites (N-methyl/N-ethyl adjacent to an activating group) is 1. The number of aryl methyl sites for hydroxylation is 2. The summed E-state index contributed by atoms with van der Waals surface area (Å²) in [4.78, 5) is 12.5. The van der Waals surface area contributed by atoms with Gasteiger partial charge in [0, 0.05) is 12.1 Å². The molecule has 20 heavy (non-hydrogen) atoms. The summed E-state index contributed by atoms with van der Waals surface area (Å²) in [5.41, 5.74) is 2.29. The van der Waals surface area contributed by atoms with Gasteiger partial charge in [0.1, 0.15) is 5.82 Å². The van der Waals surface area contributed by atoms with E-state index in [1.165, 1.54) is 12.1 Å². The van der Waals surface area contributed by atoms with E-state index in [1.54, 1.807) is 0 Å². The van der Waals surface area contributed by atoms with E-state index in [4.69, 9.17) is 0 Å². The Morgan fingerprint density at radius 2 is 1.95 bits per heavy atom. The molecule has 110 valence electrons. The Morgan fingerprint density at radius 1 is 1.35 bits per heavy atom. The number of amides is 1. The van der Waals surface area contributed by atoms with Crippen molar-refractivity contribution in [3.05, 3.63) is 29.1 Å². The number of piperidine rings is 1. The van der Waals surface area contributed by atoms with Crippen molar-refractivity contribution in [2.24, 2.45) is 0 Å². The summed E-state index contributed by atoms with van der Waals surface area (Å²) in [5.74, 6) is -0.218. The molecular formula is C15H21FIN2O+. The molecule has 2 atom stereocenters. The molecule has 2 unspecified atom stereocenters. The van der Waals surface area contributed by atoms with Crippen LogP contribution in [-0.4, -0.2) is 28.2 Å². The maximum Gasteiger partial charge on any atom is 0.283 e. The Kier molecular flexibility index (Phi) is 4.69. The number of hydrogen-bond acceptors (Lipinski definition) is 1. The summed E-state index contributed by atoms with van der Waals surface area (Å²) >= 11 is 2.35. The molecule has 1 aromatic carbocycles. The molecule has 1 amide bonds. The topological polar surface area (TPSA) is 29.1 Å². The molecule has 0 aliphatic carbocycles. The summed E-state index contributed by atoms with van der Waals surface area (Å²) in [6, 6.07) is 2.89. The smallest absolute Gasteiger partial charge is 0.283 e. The molecule has 1 heterocycles. The van der Waals surface area contributed by atoms with E-state index in [2.05, 4.69) is 35.2 Å². The molecule has 2 rings (SSSR count). The molecule has 5 heteroatoms. The molecule has 1 N–H and O–H groups in total. The maximum absolute atomic E-state index is 13.3. The lowest BCUT2D eigenvalue weighted by Crippen LogP contribution is -2.53. The van der Waals surface area contributed by atoms with E-state index in [9.17, 15) is 9.18 Å². The molecule has 1 fully saturated rings. The fourth-order valence-corrected chi connectivity index (χ4v) is 3.75. The van der Waals surface area contributed by atoms with Crippen LogP contribution in [0.2, 0.25) is 0 Å². The van der Waals surface area contributed by atoms with Crippen LogP contribution < -0.4 is 5.32 Å². The zero-order valence-corrected chi connectivity index (χ0v) is 14.3. The van der Waals surface area contributed by atoms with Crippen LogP contribution in [0.5, 0.6) is 0 Å². The van der Waals surface area contributed by atoms with E-state index in [0.717, 1.165) is 42.6 Å². The Hall–Kier alpha value is -0.690. The predicted molar refractivity (Wildman–Crippen MR) is 87.2 cm³/mol. The summed E-state index contributed by atoms with van der Waals surface area (Å²) < 4.78 is 14.0. The summed E-state index contributed by atoms with van der Waals surface area (Å²) in [7, 11) is 2.09. The van der Waals surface area contributed by atoms with Gasteiger partial charge in [-0.15, -0.1) is 0 Å². The first-order valence-corrected chi connectivity index (χ1v) is 7.90. The Balaban J connectivity index is 2.20. The van der Waals surface area contributed by atoms with E-state index >= 15 is 0 Å². The van der Waals surface area contributed by atoms with Crippen molar-refractivity contribution in [1.29, 1.82) is 0 Å². The van der Waals surface area contributed by atoms with Crippen LogP contribution in [-0.2, 0) is 4.79 Å². The number of hydrogen-bond donors (Lipinski definition) is 1. The zero-order chi connectivity index (χ0) is 14.9. The van der Waals surface area contributed by atoms with Crippen molar-refractivity contribution in [2.45, 2.75) is 39.2 Å². The van der Waals surface area contributed by atoms with Crippen molar-refractivity contribution in [3.63, 3.8) is 0 Å². The van der Waals surface area contributed by atoms with Crippen LogP contribution in [0.15, 0.2) is 12.1 Å². The first kappa shape index (κ1) is 15.7. The van der Waals surface area contributed by atoms with Gasteiger partial charge in [0.05, 0.1) is 13.6 Å². The highest BCUT2D eigenvalue weighted by Gasteiger charge is 2.39. The predicted octanol–water partition coefficient (Wildman–Crippen LogP) is 3.73. The molecule has 3 nitrogen and oxygen atoms in total. The standard InChI is InChI=1S/C15H20FIN2O/c1-10-8-12(16)9-11(2)14(10)18-15(20)13-6-4-5-7-19(13,3)17/h8-9,13H,4-7H2,1-3H3/p+1. The van der Waals surface area contributed by atoms with Gasteiger partial charge < -0.3 is 5.32 Å². The number of carbonyl (C=O) groups excluding carboxylic acids is 1. The second-order valence-electron chi connectivity index (χ2n) is 5.78. The minimum atomic E-state index is -0.259. The fourth-order valence-electron chi connectivity index (χ4n) is 2.87. The van der Waals surface area contributed by atoms with Gasteiger partial charge in [-0.3, -0.25) is 7.49 Å². The summed E-state index contributed by atoms with van der Waals surface area (Å²) in [6.45, 7) is 4.66. The SMILES string of the molecule is Cc1cc(F)cc(C)c1NC(=O)C1CCCC[N+]1(C)I. The Bertz CT molecular complexity index is 508. The van der Waals surface area contributed by atoms with Crippen LogP contribution in [0.1, 0.15) is 30.4 Å². The average Bonchev–Trinajstić information content (AvgIpc) is 2.32. The number of halogens is 2. The fraction of sp³-hybridized carbons (Fsp3) is 0.533. The Labute approximate surface area is 133 Å². The summed E-state index contributed by atoms with van der Waals surface area (Å²) in [6.07, 6.45) is 3.17. The third-order valence-electron chi connectivity index (χ3n) is 4.02. The normalized spacial score (nSPS) is 26.4. The van der Waals surface area contributed by atoms with Crippen LogP contribution in [0.4, 0.5) is 10.1 Å². The van der Waals surface area contributed by atoms with E-state index in [1.807, 2.05) is 13.8 Å². The van der Waals surface area contributed by atoms with Gasteiger partial charge in [-0.1, -0.05) is 0 Å². The number of carbonyl (C=O) groups is 1. The maximum atomic E-state index is 13.3. The van der Waals surface area contributed by atoms with Gasteiger partial charge in [0.25, 0.3) is 5.91 Å². The van der Waals surface area contributed by atoms with Crippen molar-refractivity contribution >= 4 is 34.5 Å². The monoisotopic (exact) mass is 391 g/mol. The molecule has 0 saturated carbocycles. The number of quaternary nitrogens is 1. The molecule has 0 aromatic heterocycles. The van der Waals surface area contributed by atoms with Gasteiger partial charge in [-0.25, -0.2) is 4.39 Å². The van der Waals surface area contributed by atoms with E-state index in [0.29, 0.717) is 2.70 Å².